The topological polar surface area (TPSA) is 61.2 Å². The van der Waals surface area contributed by atoms with Gasteiger partial charge in [0.05, 0.1) is 30.3 Å². The summed E-state index contributed by atoms with van der Waals surface area (Å²) in [7, 11) is 0. The van der Waals surface area contributed by atoms with Crippen molar-refractivity contribution in [3.8, 4) is 0 Å². The predicted octanol–water partition coefficient (Wildman–Crippen LogP) is 2.91. The average molecular weight is 340 g/mol. The second-order valence-electron chi connectivity index (χ2n) is 5.26. The van der Waals surface area contributed by atoms with Crippen molar-refractivity contribution in [3.05, 3.63) is 70.1 Å². The van der Waals surface area contributed by atoms with Crippen LogP contribution in [-0.2, 0) is 11.3 Å². The van der Waals surface area contributed by atoms with E-state index < -0.39 is 5.97 Å². The molecule has 3 rings (SSSR count). The van der Waals surface area contributed by atoms with Gasteiger partial charge in [-0.05, 0) is 36.8 Å². The highest BCUT2D eigenvalue weighted by Gasteiger charge is 2.13. The minimum absolute atomic E-state index is 0.201. The lowest BCUT2D eigenvalue weighted by molar-refractivity contribution is 0.0525. The predicted molar refractivity (Wildman–Crippen MR) is 94.8 cm³/mol. The van der Waals surface area contributed by atoms with Crippen LogP contribution in [0.3, 0.4) is 0 Å². The van der Waals surface area contributed by atoms with Gasteiger partial charge in [0.1, 0.15) is 0 Å². The second kappa shape index (κ2) is 6.88. The van der Waals surface area contributed by atoms with Crippen molar-refractivity contribution in [2.45, 2.75) is 18.4 Å². The van der Waals surface area contributed by atoms with E-state index >= 15 is 0 Å². The maximum absolute atomic E-state index is 12.6. The third-order valence-electron chi connectivity index (χ3n) is 3.67. The zero-order valence-corrected chi connectivity index (χ0v) is 14.0. The number of benzene rings is 2. The summed E-state index contributed by atoms with van der Waals surface area (Å²) in [5.41, 5.74) is 0.925. The van der Waals surface area contributed by atoms with E-state index in [9.17, 15) is 9.59 Å². The number of fused-ring (bicyclic) bond motifs is 1. The molecule has 0 aliphatic rings. The fourth-order valence-electron chi connectivity index (χ4n) is 2.52. The van der Waals surface area contributed by atoms with Crippen molar-refractivity contribution in [2.75, 3.05) is 6.61 Å². The van der Waals surface area contributed by atoms with Gasteiger partial charge in [0.15, 0.2) is 0 Å². The molecule has 1 heterocycles. The van der Waals surface area contributed by atoms with Gasteiger partial charge in [-0.25, -0.2) is 9.48 Å². The Kier molecular flexibility index (Phi) is 4.66. The number of nitrogens with zero attached hydrogens (tertiary/aromatic N) is 2. The van der Waals surface area contributed by atoms with Crippen molar-refractivity contribution in [2.24, 2.45) is 0 Å². The summed E-state index contributed by atoms with van der Waals surface area (Å²) >= 11 is 4.27. The number of rotatable bonds is 4. The van der Waals surface area contributed by atoms with E-state index in [1.807, 2.05) is 6.07 Å². The highest BCUT2D eigenvalue weighted by Crippen LogP contribution is 2.15. The molecule has 0 aliphatic heterocycles. The van der Waals surface area contributed by atoms with E-state index in [1.165, 1.54) is 4.68 Å². The lowest BCUT2D eigenvalue weighted by Crippen LogP contribution is -2.24. The van der Waals surface area contributed by atoms with E-state index in [1.54, 1.807) is 49.5 Å². The summed E-state index contributed by atoms with van der Waals surface area (Å²) in [5.74, 6) is -0.401. The van der Waals surface area contributed by atoms with Crippen LogP contribution in [0.15, 0.2) is 58.4 Å². The Morgan fingerprint density at radius 2 is 2.04 bits per heavy atom. The summed E-state index contributed by atoms with van der Waals surface area (Å²) in [6.45, 7) is 2.26. The first kappa shape index (κ1) is 16.3. The van der Waals surface area contributed by atoms with Gasteiger partial charge >= 0.3 is 5.97 Å². The van der Waals surface area contributed by atoms with Crippen LogP contribution in [0.25, 0.3) is 10.8 Å². The first-order chi connectivity index (χ1) is 11.6. The number of ether oxygens (including phenoxy) is 1. The normalized spacial score (nSPS) is 10.8. The van der Waals surface area contributed by atoms with Gasteiger partial charge in [-0.2, -0.15) is 5.10 Å². The summed E-state index contributed by atoms with van der Waals surface area (Å²) < 4.78 is 6.41. The monoisotopic (exact) mass is 340 g/mol. The number of hydrogen-bond acceptors (Lipinski definition) is 5. The lowest BCUT2D eigenvalue weighted by Gasteiger charge is -2.10. The van der Waals surface area contributed by atoms with Gasteiger partial charge < -0.3 is 4.74 Å². The molecule has 0 radical (unpaired) electrons. The van der Waals surface area contributed by atoms with Gasteiger partial charge in [0, 0.05) is 10.3 Å². The van der Waals surface area contributed by atoms with Gasteiger partial charge in [-0.1, -0.05) is 18.2 Å². The standard InChI is InChI=1S/C18H16N2O3S/c1-2-23-18(22)16-6-4-3-5-12(16)11-20-17(21)15-8-7-14(24)9-13(15)10-19-20/h3-10,24H,2,11H2,1H3. The minimum Gasteiger partial charge on any atom is -0.462 e. The highest BCUT2D eigenvalue weighted by atomic mass is 32.1. The van der Waals surface area contributed by atoms with Crippen LogP contribution in [0.2, 0.25) is 0 Å². The third kappa shape index (κ3) is 3.19. The SMILES string of the molecule is CCOC(=O)c1ccccc1Cn1ncc2cc(S)ccc2c1=O. The molecule has 122 valence electrons. The van der Waals surface area contributed by atoms with Crippen LogP contribution in [0.4, 0.5) is 0 Å². The molecule has 0 fully saturated rings. The van der Waals surface area contributed by atoms with Crippen molar-refractivity contribution in [1.29, 1.82) is 0 Å². The Bertz CT molecular complexity index is 966. The van der Waals surface area contributed by atoms with Gasteiger partial charge in [-0.15, -0.1) is 12.6 Å². The fourth-order valence-corrected chi connectivity index (χ4v) is 2.73. The van der Waals surface area contributed by atoms with Crippen molar-refractivity contribution < 1.29 is 9.53 Å². The Balaban J connectivity index is 2.02. The van der Waals surface area contributed by atoms with Crippen molar-refractivity contribution in [3.63, 3.8) is 0 Å². The van der Waals surface area contributed by atoms with Crippen molar-refractivity contribution in [1.82, 2.24) is 9.78 Å². The molecular weight excluding hydrogens is 324 g/mol. The van der Waals surface area contributed by atoms with E-state index in [-0.39, 0.29) is 12.1 Å². The lowest BCUT2D eigenvalue weighted by atomic mass is 10.1. The first-order valence-electron chi connectivity index (χ1n) is 7.54. The molecule has 0 spiro atoms. The molecular formula is C18H16N2O3S. The fraction of sp³-hybridized carbons (Fsp3) is 0.167. The minimum atomic E-state index is -0.401. The number of thiol groups is 1. The van der Waals surface area contributed by atoms with Crippen molar-refractivity contribution >= 4 is 29.4 Å². The summed E-state index contributed by atoms with van der Waals surface area (Å²) in [6.07, 6.45) is 1.63. The zero-order chi connectivity index (χ0) is 17.1. The summed E-state index contributed by atoms with van der Waals surface area (Å²) in [5, 5.41) is 5.51. The maximum atomic E-state index is 12.6. The van der Waals surface area contributed by atoms with E-state index in [0.717, 1.165) is 10.3 Å². The zero-order valence-electron chi connectivity index (χ0n) is 13.1. The molecule has 24 heavy (non-hydrogen) atoms. The Morgan fingerprint density at radius 3 is 2.83 bits per heavy atom. The molecule has 0 N–H and O–H groups in total. The van der Waals surface area contributed by atoms with Crippen LogP contribution >= 0.6 is 12.6 Å². The molecule has 6 heteroatoms. The van der Waals surface area contributed by atoms with Gasteiger partial charge in [0.2, 0.25) is 0 Å². The molecule has 0 unspecified atom stereocenters. The number of carbonyl (C=O) groups excluding carboxylic acids is 1. The number of esters is 1. The Morgan fingerprint density at radius 1 is 1.25 bits per heavy atom. The Hall–Kier alpha value is -2.60. The number of aromatic nitrogens is 2. The average Bonchev–Trinajstić information content (AvgIpc) is 2.58. The number of hydrogen-bond donors (Lipinski definition) is 1. The number of carbonyl (C=O) groups is 1. The maximum Gasteiger partial charge on any atom is 0.338 e. The first-order valence-corrected chi connectivity index (χ1v) is 7.98. The third-order valence-corrected chi connectivity index (χ3v) is 3.95. The summed E-state index contributed by atoms with van der Waals surface area (Å²) in [6, 6.07) is 12.4. The smallest absolute Gasteiger partial charge is 0.338 e. The molecule has 0 atom stereocenters. The molecule has 0 aliphatic carbocycles. The van der Waals surface area contributed by atoms with Crippen LogP contribution in [0.1, 0.15) is 22.8 Å². The van der Waals surface area contributed by atoms with Gasteiger partial charge in [-0.3, -0.25) is 4.79 Å². The van der Waals surface area contributed by atoms with E-state index in [0.29, 0.717) is 23.1 Å². The van der Waals surface area contributed by atoms with Crippen LogP contribution < -0.4 is 5.56 Å². The largest absolute Gasteiger partial charge is 0.462 e. The van der Waals surface area contributed by atoms with Crippen LogP contribution in [-0.4, -0.2) is 22.4 Å². The molecule has 1 aromatic heterocycles. The van der Waals surface area contributed by atoms with Crippen LogP contribution in [0.5, 0.6) is 0 Å². The second-order valence-corrected chi connectivity index (χ2v) is 5.77. The molecule has 0 saturated carbocycles. The molecule has 3 aromatic rings. The Labute approximate surface area is 144 Å². The molecule has 0 amide bonds. The van der Waals surface area contributed by atoms with Crippen LogP contribution in [0, 0.1) is 0 Å². The molecule has 2 aromatic carbocycles. The van der Waals surface area contributed by atoms with E-state index in [4.69, 9.17) is 4.74 Å². The molecule has 0 bridgehead atoms. The highest BCUT2D eigenvalue weighted by molar-refractivity contribution is 7.80. The quantitative estimate of drug-likeness (QED) is 0.586. The van der Waals surface area contributed by atoms with E-state index in [2.05, 4.69) is 17.7 Å². The van der Waals surface area contributed by atoms with Gasteiger partial charge in [0.25, 0.3) is 5.56 Å². The molecule has 0 saturated heterocycles. The summed E-state index contributed by atoms with van der Waals surface area (Å²) in [4.78, 5) is 25.4. The molecule has 5 nitrogen and oxygen atoms in total.